The second kappa shape index (κ2) is 3.86. The summed E-state index contributed by atoms with van der Waals surface area (Å²) in [4.78, 5) is 0. The van der Waals surface area contributed by atoms with Gasteiger partial charge in [0, 0.05) is 24.5 Å². The van der Waals surface area contributed by atoms with Crippen molar-refractivity contribution in [3.63, 3.8) is 0 Å². The molecule has 1 heterocycles. The third kappa shape index (κ3) is 1.76. The van der Waals surface area contributed by atoms with Crippen LogP contribution in [0.25, 0.3) is 0 Å². The molecule has 2 N–H and O–H groups in total. The van der Waals surface area contributed by atoms with E-state index >= 15 is 0 Å². The average molecular weight is 216 g/mol. The van der Waals surface area contributed by atoms with Gasteiger partial charge in [0.25, 0.3) is 0 Å². The molecule has 0 radical (unpaired) electrons. The maximum Gasteiger partial charge on any atom is 0.0290 e. The van der Waals surface area contributed by atoms with E-state index in [9.17, 15) is 0 Å². The summed E-state index contributed by atoms with van der Waals surface area (Å²) in [6, 6.07) is 8.83. The van der Waals surface area contributed by atoms with Crippen molar-refractivity contribution in [1.29, 1.82) is 0 Å². The predicted octanol–water partition coefficient (Wildman–Crippen LogP) is 1.67. The Hall–Kier alpha value is -0.860. The highest BCUT2D eigenvalue weighted by Gasteiger charge is 2.31. The fourth-order valence-corrected chi connectivity index (χ4v) is 2.88. The molecule has 3 rings (SSSR count). The van der Waals surface area contributed by atoms with E-state index in [0.717, 1.165) is 25.6 Å². The Morgan fingerprint density at radius 1 is 1.44 bits per heavy atom. The van der Waals surface area contributed by atoms with Crippen LogP contribution in [0.4, 0.5) is 0 Å². The van der Waals surface area contributed by atoms with E-state index in [1.807, 2.05) is 0 Å². The lowest BCUT2D eigenvalue weighted by molar-refractivity contribution is 0.363. The van der Waals surface area contributed by atoms with Gasteiger partial charge in [-0.25, -0.2) is 0 Å². The number of rotatable bonds is 3. The number of hydrogen-bond donors (Lipinski definition) is 2. The number of benzene rings is 1. The molecule has 2 heteroatoms. The molecule has 0 saturated carbocycles. The minimum absolute atomic E-state index is 0.324. The van der Waals surface area contributed by atoms with Gasteiger partial charge < -0.3 is 10.6 Å². The molecule has 1 aromatic rings. The molecule has 0 aromatic heterocycles. The summed E-state index contributed by atoms with van der Waals surface area (Å²) in [5.74, 6) is 0.744. The molecule has 1 aromatic carbocycles. The Bertz CT molecular complexity index is 380. The summed E-state index contributed by atoms with van der Waals surface area (Å²) in [6.07, 6.45) is 2.51. The third-order valence-electron chi connectivity index (χ3n) is 4.11. The van der Waals surface area contributed by atoms with Crippen molar-refractivity contribution >= 4 is 0 Å². The first-order valence-electron chi connectivity index (χ1n) is 6.30. The van der Waals surface area contributed by atoms with Crippen LogP contribution in [-0.2, 0) is 6.42 Å². The van der Waals surface area contributed by atoms with Crippen molar-refractivity contribution < 1.29 is 0 Å². The van der Waals surface area contributed by atoms with Crippen LogP contribution in [0.5, 0.6) is 0 Å². The van der Waals surface area contributed by atoms with Crippen LogP contribution >= 0.6 is 0 Å². The molecule has 1 aliphatic heterocycles. The van der Waals surface area contributed by atoms with Gasteiger partial charge in [-0.1, -0.05) is 24.3 Å². The normalized spacial score (nSPS) is 32.2. The monoisotopic (exact) mass is 216 g/mol. The molecule has 0 spiro atoms. The molecule has 2 nitrogen and oxygen atoms in total. The molecule has 1 fully saturated rings. The Labute approximate surface area is 97.4 Å². The quantitative estimate of drug-likeness (QED) is 0.803. The second-order valence-electron chi connectivity index (χ2n) is 5.47. The van der Waals surface area contributed by atoms with E-state index < -0.39 is 0 Å². The van der Waals surface area contributed by atoms with E-state index in [-0.39, 0.29) is 0 Å². The molecule has 2 aliphatic rings. The van der Waals surface area contributed by atoms with Gasteiger partial charge in [-0.3, -0.25) is 0 Å². The first-order chi connectivity index (χ1) is 7.77. The van der Waals surface area contributed by atoms with Gasteiger partial charge >= 0.3 is 0 Å². The van der Waals surface area contributed by atoms with Crippen LogP contribution in [0.15, 0.2) is 24.3 Å². The van der Waals surface area contributed by atoms with E-state index in [1.165, 1.54) is 12.8 Å². The zero-order chi connectivity index (χ0) is 11.0. The maximum atomic E-state index is 3.74. The van der Waals surface area contributed by atoms with E-state index in [4.69, 9.17) is 0 Å². The Morgan fingerprint density at radius 2 is 2.31 bits per heavy atom. The van der Waals surface area contributed by atoms with Crippen LogP contribution in [0.3, 0.4) is 0 Å². The van der Waals surface area contributed by atoms with Crippen LogP contribution in [0, 0.1) is 0 Å². The summed E-state index contributed by atoms with van der Waals surface area (Å²) in [7, 11) is 0. The van der Waals surface area contributed by atoms with E-state index in [1.54, 1.807) is 11.1 Å². The number of fused-ring (bicyclic) bond motifs is 1. The Morgan fingerprint density at radius 3 is 3.06 bits per heavy atom. The lowest BCUT2D eigenvalue weighted by Crippen LogP contribution is -2.47. The summed E-state index contributed by atoms with van der Waals surface area (Å²) in [5, 5.41) is 7.17. The lowest BCUT2D eigenvalue weighted by Gasteiger charge is -2.34. The largest absolute Gasteiger partial charge is 0.315 e. The third-order valence-corrected chi connectivity index (χ3v) is 4.11. The zero-order valence-electron chi connectivity index (χ0n) is 9.92. The topological polar surface area (TPSA) is 24.1 Å². The molecular weight excluding hydrogens is 196 g/mol. The van der Waals surface area contributed by atoms with Crippen molar-refractivity contribution in [1.82, 2.24) is 10.6 Å². The zero-order valence-corrected chi connectivity index (χ0v) is 9.92. The van der Waals surface area contributed by atoms with Crippen LogP contribution in [-0.4, -0.2) is 25.2 Å². The molecule has 86 valence electrons. The Kier molecular flexibility index (Phi) is 2.49. The molecule has 16 heavy (non-hydrogen) atoms. The van der Waals surface area contributed by atoms with Crippen LogP contribution in [0.1, 0.15) is 30.4 Å². The fraction of sp³-hybridized carbons (Fsp3) is 0.571. The molecule has 2 atom stereocenters. The highest BCUT2D eigenvalue weighted by atomic mass is 15.1. The van der Waals surface area contributed by atoms with Crippen LogP contribution in [0.2, 0.25) is 0 Å². The average Bonchev–Trinajstić information content (AvgIpc) is 2.67. The van der Waals surface area contributed by atoms with Gasteiger partial charge in [0.05, 0.1) is 0 Å². The summed E-state index contributed by atoms with van der Waals surface area (Å²) in [6.45, 7) is 5.74. The van der Waals surface area contributed by atoms with Crippen LogP contribution < -0.4 is 10.6 Å². The van der Waals surface area contributed by atoms with Gasteiger partial charge in [-0.2, -0.15) is 0 Å². The molecule has 0 bridgehead atoms. The minimum atomic E-state index is 0.324. The van der Waals surface area contributed by atoms with E-state index in [0.29, 0.717) is 5.54 Å². The molecule has 2 unspecified atom stereocenters. The minimum Gasteiger partial charge on any atom is -0.315 e. The van der Waals surface area contributed by atoms with Gasteiger partial charge in [-0.15, -0.1) is 0 Å². The summed E-state index contributed by atoms with van der Waals surface area (Å²) >= 11 is 0. The number of hydrogen-bond acceptors (Lipinski definition) is 2. The van der Waals surface area contributed by atoms with Crippen molar-refractivity contribution in [2.75, 3.05) is 19.6 Å². The molecule has 1 aliphatic carbocycles. The predicted molar refractivity (Wildman–Crippen MR) is 66.8 cm³/mol. The first kappa shape index (κ1) is 10.3. The SMILES string of the molecule is CC1(NCC2Cc3ccccc32)CCNC1. The highest BCUT2D eigenvalue weighted by Crippen LogP contribution is 2.34. The van der Waals surface area contributed by atoms with Gasteiger partial charge in [0.2, 0.25) is 0 Å². The highest BCUT2D eigenvalue weighted by molar-refractivity contribution is 5.40. The van der Waals surface area contributed by atoms with Crippen molar-refractivity contribution in [2.45, 2.75) is 31.2 Å². The van der Waals surface area contributed by atoms with Gasteiger partial charge in [-0.05, 0) is 37.4 Å². The first-order valence-corrected chi connectivity index (χ1v) is 6.30. The number of nitrogens with one attached hydrogen (secondary N) is 2. The van der Waals surface area contributed by atoms with Crippen molar-refractivity contribution in [3.05, 3.63) is 35.4 Å². The Balaban J connectivity index is 1.58. The van der Waals surface area contributed by atoms with Crippen molar-refractivity contribution in [2.24, 2.45) is 0 Å². The molecule has 1 saturated heterocycles. The van der Waals surface area contributed by atoms with Crippen molar-refractivity contribution in [3.8, 4) is 0 Å². The van der Waals surface area contributed by atoms with Gasteiger partial charge in [0.1, 0.15) is 0 Å². The molecular formula is C14H20N2. The summed E-state index contributed by atoms with van der Waals surface area (Å²) < 4.78 is 0. The summed E-state index contributed by atoms with van der Waals surface area (Å²) in [5.41, 5.74) is 3.43. The second-order valence-corrected chi connectivity index (χ2v) is 5.47. The standard InChI is InChI=1S/C14H20N2/c1-14(6-7-15-10-14)16-9-12-8-11-4-2-3-5-13(11)12/h2-5,12,15-16H,6-10H2,1H3. The maximum absolute atomic E-state index is 3.74. The lowest BCUT2D eigenvalue weighted by atomic mass is 9.77. The van der Waals surface area contributed by atoms with Gasteiger partial charge in [0.15, 0.2) is 0 Å². The smallest absolute Gasteiger partial charge is 0.0290 e. The molecule has 0 amide bonds. The fourth-order valence-electron chi connectivity index (χ4n) is 2.88. The van der Waals surface area contributed by atoms with E-state index in [2.05, 4.69) is 41.8 Å².